The van der Waals surface area contributed by atoms with E-state index in [1.165, 1.54) is 17.5 Å². The van der Waals surface area contributed by atoms with Crippen LogP contribution in [0.15, 0.2) is 60.9 Å². The molecule has 2 N–H and O–H groups in total. The highest BCUT2D eigenvalue weighted by Gasteiger charge is 2.04. The Bertz CT molecular complexity index is 820. The standard InChI is InChI=1S/C19H20N4O/c1-14-6-5-7-15(10-14)12-20-18-11-19(22-13-21-18)23-16-8-3-4-9-17(16)24-2/h3-11,13H,12H2,1-2H3,(H2,20,21,22,23). The maximum Gasteiger partial charge on any atom is 0.142 e. The molecule has 0 radical (unpaired) electrons. The zero-order valence-corrected chi connectivity index (χ0v) is 13.8. The van der Waals surface area contributed by atoms with Crippen molar-refractivity contribution in [2.24, 2.45) is 0 Å². The Morgan fingerprint density at radius 3 is 2.62 bits per heavy atom. The van der Waals surface area contributed by atoms with Crippen LogP contribution < -0.4 is 15.4 Å². The Morgan fingerprint density at radius 2 is 1.79 bits per heavy atom. The lowest BCUT2D eigenvalue weighted by Gasteiger charge is -2.11. The van der Waals surface area contributed by atoms with Gasteiger partial charge in [-0.25, -0.2) is 9.97 Å². The van der Waals surface area contributed by atoms with E-state index in [0.29, 0.717) is 12.4 Å². The summed E-state index contributed by atoms with van der Waals surface area (Å²) >= 11 is 0. The molecule has 0 aliphatic rings. The monoisotopic (exact) mass is 320 g/mol. The maximum absolute atomic E-state index is 5.34. The van der Waals surface area contributed by atoms with Gasteiger partial charge in [0.2, 0.25) is 0 Å². The molecule has 0 saturated carbocycles. The van der Waals surface area contributed by atoms with Crippen LogP contribution in [0, 0.1) is 6.92 Å². The van der Waals surface area contributed by atoms with Gasteiger partial charge in [-0.15, -0.1) is 0 Å². The number of nitrogens with zero attached hydrogens (tertiary/aromatic N) is 2. The summed E-state index contributed by atoms with van der Waals surface area (Å²) in [6.45, 7) is 2.80. The van der Waals surface area contributed by atoms with Crippen molar-refractivity contribution in [1.82, 2.24) is 9.97 Å². The van der Waals surface area contributed by atoms with Crippen molar-refractivity contribution in [2.75, 3.05) is 17.7 Å². The molecule has 0 amide bonds. The molecule has 5 heteroatoms. The number of aromatic nitrogens is 2. The summed E-state index contributed by atoms with van der Waals surface area (Å²) in [4.78, 5) is 8.53. The first-order valence-electron chi connectivity index (χ1n) is 7.76. The SMILES string of the molecule is COc1ccccc1Nc1cc(NCc2cccc(C)c2)ncn1. The van der Waals surface area contributed by atoms with Crippen LogP contribution in [0.2, 0.25) is 0 Å². The molecule has 0 bridgehead atoms. The van der Waals surface area contributed by atoms with E-state index >= 15 is 0 Å². The van der Waals surface area contributed by atoms with Crippen LogP contribution in [0.5, 0.6) is 5.75 Å². The molecule has 0 atom stereocenters. The maximum atomic E-state index is 5.34. The van der Waals surface area contributed by atoms with Gasteiger partial charge < -0.3 is 15.4 Å². The Balaban J connectivity index is 1.70. The third-order valence-corrected chi connectivity index (χ3v) is 3.59. The van der Waals surface area contributed by atoms with Crippen molar-refractivity contribution < 1.29 is 4.74 Å². The molecule has 122 valence electrons. The smallest absolute Gasteiger partial charge is 0.142 e. The fourth-order valence-corrected chi connectivity index (χ4v) is 2.42. The molecular weight excluding hydrogens is 300 g/mol. The molecule has 0 spiro atoms. The Hall–Kier alpha value is -3.08. The summed E-state index contributed by atoms with van der Waals surface area (Å²) in [5, 5.41) is 6.58. The number of para-hydroxylation sites is 2. The van der Waals surface area contributed by atoms with Crippen LogP contribution in [-0.4, -0.2) is 17.1 Å². The zero-order chi connectivity index (χ0) is 16.8. The van der Waals surface area contributed by atoms with Gasteiger partial charge in [0.15, 0.2) is 0 Å². The van der Waals surface area contributed by atoms with Crippen LogP contribution in [0.1, 0.15) is 11.1 Å². The summed E-state index contributed by atoms with van der Waals surface area (Å²) in [6.07, 6.45) is 1.54. The number of benzene rings is 2. The molecule has 3 rings (SSSR count). The van der Waals surface area contributed by atoms with Gasteiger partial charge in [-0.3, -0.25) is 0 Å². The summed E-state index contributed by atoms with van der Waals surface area (Å²) in [7, 11) is 1.65. The number of rotatable bonds is 6. The topological polar surface area (TPSA) is 59.1 Å². The third kappa shape index (κ3) is 4.01. The number of anilines is 3. The molecule has 24 heavy (non-hydrogen) atoms. The Morgan fingerprint density at radius 1 is 0.958 bits per heavy atom. The second kappa shape index (κ2) is 7.46. The highest BCUT2D eigenvalue weighted by atomic mass is 16.5. The van der Waals surface area contributed by atoms with E-state index in [1.807, 2.05) is 30.3 Å². The van der Waals surface area contributed by atoms with Crippen LogP contribution in [0.4, 0.5) is 17.3 Å². The summed E-state index contributed by atoms with van der Waals surface area (Å²) in [6, 6.07) is 18.0. The molecule has 2 aromatic carbocycles. The highest BCUT2D eigenvalue weighted by Crippen LogP contribution is 2.26. The summed E-state index contributed by atoms with van der Waals surface area (Å²) in [5.41, 5.74) is 3.33. The Labute approximate surface area is 141 Å². The van der Waals surface area contributed by atoms with Crippen LogP contribution in [0.3, 0.4) is 0 Å². The van der Waals surface area contributed by atoms with Crippen molar-refractivity contribution in [3.05, 3.63) is 72.1 Å². The second-order valence-corrected chi connectivity index (χ2v) is 5.46. The van der Waals surface area contributed by atoms with E-state index in [0.717, 1.165) is 17.3 Å². The van der Waals surface area contributed by atoms with Gasteiger partial charge >= 0.3 is 0 Å². The van der Waals surface area contributed by atoms with Crippen LogP contribution >= 0.6 is 0 Å². The van der Waals surface area contributed by atoms with Gasteiger partial charge in [0.05, 0.1) is 12.8 Å². The molecule has 0 saturated heterocycles. The second-order valence-electron chi connectivity index (χ2n) is 5.46. The number of methoxy groups -OCH3 is 1. The fraction of sp³-hybridized carbons (Fsp3) is 0.158. The van der Waals surface area contributed by atoms with E-state index in [-0.39, 0.29) is 0 Å². The van der Waals surface area contributed by atoms with E-state index in [9.17, 15) is 0 Å². The lowest BCUT2D eigenvalue weighted by Crippen LogP contribution is -2.03. The fourth-order valence-electron chi connectivity index (χ4n) is 2.42. The van der Waals surface area contributed by atoms with Gasteiger partial charge in [-0.05, 0) is 24.6 Å². The molecule has 0 unspecified atom stereocenters. The van der Waals surface area contributed by atoms with Crippen molar-refractivity contribution in [3.63, 3.8) is 0 Å². The summed E-state index contributed by atoms with van der Waals surface area (Å²) in [5.74, 6) is 2.25. The third-order valence-electron chi connectivity index (χ3n) is 3.59. The number of hydrogen-bond donors (Lipinski definition) is 2. The molecule has 1 heterocycles. The minimum Gasteiger partial charge on any atom is -0.495 e. The Kier molecular flexibility index (Phi) is 4.91. The average Bonchev–Trinajstić information content (AvgIpc) is 2.61. The van der Waals surface area contributed by atoms with Crippen molar-refractivity contribution in [2.45, 2.75) is 13.5 Å². The molecule has 5 nitrogen and oxygen atoms in total. The molecular formula is C19H20N4O. The molecule has 0 fully saturated rings. The van der Waals surface area contributed by atoms with Gasteiger partial charge in [0.1, 0.15) is 23.7 Å². The predicted octanol–water partition coefficient (Wildman–Crippen LogP) is 4.15. The average molecular weight is 320 g/mol. The minimum atomic E-state index is 0.709. The van der Waals surface area contributed by atoms with Gasteiger partial charge in [-0.2, -0.15) is 0 Å². The predicted molar refractivity (Wildman–Crippen MR) is 96.8 cm³/mol. The van der Waals surface area contributed by atoms with E-state index < -0.39 is 0 Å². The molecule has 0 aliphatic carbocycles. The van der Waals surface area contributed by atoms with Crippen LogP contribution in [0.25, 0.3) is 0 Å². The van der Waals surface area contributed by atoms with Crippen molar-refractivity contribution in [3.8, 4) is 5.75 Å². The van der Waals surface area contributed by atoms with E-state index in [2.05, 4.69) is 51.8 Å². The number of nitrogens with one attached hydrogen (secondary N) is 2. The summed E-state index contributed by atoms with van der Waals surface area (Å²) < 4.78 is 5.34. The van der Waals surface area contributed by atoms with E-state index in [1.54, 1.807) is 7.11 Å². The molecule has 0 aliphatic heterocycles. The highest BCUT2D eigenvalue weighted by molar-refractivity contribution is 5.65. The van der Waals surface area contributed by atoms with Crippen molar-refractivity contribution in [1.29, 1.82) is 0 Å². The number of ether oxygens (including phenoxy) is 1. The van der Waals surface area contributed by atoms with Gasteiger partial charge in [0.25, 0.3) is 0 Å². The zero-order valence-electron chi connectivity index (χ0n) is 13.8. The number of aryl methyl sites for hydroxylation is 1. The van der Waals surface area contributed by atoms with Gasteiger partial charge in [-0.1, -0.05) is 42.0 Å². The largest absolute Gasteiger partial charge is 0.495 e. The van der Waals surface area contributed by atoms with Gasteiger partial charge in [0, 0.05) is 12.6 Å². The first-order chi connectivity index (χ1) is 11.7. The normalized spacial score (nSPS) is 10.2. The lowest BCUT2D eigenvalue weighted by atomic mass is 10.1. The first-order valence-corrected chi connectivity index (χ1v) is 7.76. The molecule has 3 aromatic rings. The number of hydrogen-bond acceptors (Lipinski definition) is 5. The van der Waals surface area contributed by atoms with E-state index in [4.69, 9.17) is 4.74 Å². The van der Waals surface area contributed by atoms with Crippen LogP contribution in [-0.2, 0) is 6.54 Å². The minimum absolute atomic E-state index is 0.709. The molecule has 1 aromatic heterocycles. The lowest BCUT2D eigenvalue weighted by molar-refractivity contribution is 0.417. The quantitative estimate of drug-likeness (QED) is 0.714. The van der Waals surface area contributed by atoms with Crippen molar-refractivity contribution >= 4 is 17.3 Å². The first kappa shape index (κ1) is 15.8.